The number of nitrogens with one attached hydrogen (secondary N) is 1. The van der Waals surface area contributed by atoms with E-state index in [-0.39, 0.29) is 6.10 Å². The van der Waals surface area contributed by atoms with Gasteiger partial charge < -0.3 is 14.8 Å². The van der Waals surface area contributed by atoms with Crippen LogP contribution >= 0.6 is 0 Å². The molecule has 0 aromatic heterocycles. The second kappa shape index (κ2) is 6.53. The van der Waals surface area contributed by atoms with Crippen molar-refractivity contribution >= 4 is 0 Å². The van der Waals surface area contributed by atoms with E-state index in [1.807, 2.05) is 0 Å². The van der Waals surface area contributed by atoms with E-state index in [4.69, 9.17) is 9.47 Å². The summed E-state index contributed by atoms with van der Waals surface area (Å²) < 4.78 is 11.4. The van der Waals surface area contributed by atoms with Crippen molar-refractivity contribution in [2.45, 2.75) is 31.9 Å². The molecule has 0 radical (unpaired) electrons. The van der Waals surface area contributed by atoms with Crippen molar-refractivity contribution in [3.63, 3.8) is 0 Å². The van der Waals surface area contributed by atoms with Crippen LogP contribution in [-0.2, 0) is 15.9 Å². The highest BCUT2D eigenvalue weighted by Gasteiger charge is 2.19. The number of morpholine rings is 1. The van der Waals surface area contributed by atoms with Gasteiger partial charge in [-0.1, -0.05) is 35.9 Å². The van der Waals surface area contributed by atoms with Crippen LogP contribution in [0.2, 0.25) is 0 Å². The van der Waals surface area contributed by atoms with Crippen molar-refractivity contribution < 1.29 is 9.47 Å². The second-order valence-electron chi connectivity index (χ2n) is 5.68. The SMILES string of the molecule is C/C(=C/C1OCCc2ccccc21)CC1COCCN1. The molecule has 108 valence electrons. The molecule has 3 heteroatoms. The molecule has 1 aromatic rings. The lowest BCUT2D eigenvalue weighted by atomic mass is 9.95. The van der Waals surface area contributed by atoms with Crippen LogP contribution in [-0.4, -0.2) is 32.4 Å². The molecule has 2 heterocycles. The molecule has 3 nitrogen and oxygen atoms in total. The minimum absolute atomic E-state index is 0.115. The van der Waals surface area contributed by atoms with Crippen LogP contribution in [0.4, 0.5) is 0 Å². The van der Waals surface area contributed by atoms with Gasteiger partial charge in [0.15, 0.2) is 0 Å². The summed E-state index contributed by atoms with van der Waals surface area (Å²) in [7, 11) is 0. The highest BCUT2D eigenvalue weighted by Crippen LogP contribution is 2.29. The molecular formula is C17H23NO2. The van der Waals surface area contributed by atoms with E-state index in [0.717, 1.165) is 39.2 Å². The molecule has 1 aromatic carbocycles. The van der Waals surface area contributed by atoms with Gasteiger partial charge in [-0.05, 0) is 30.9 Å². The predicted octanol–water partition coefficient (Wildman–Crippen LogP) is 2.63. The van der Waals surface area contributed by atoms with E-state index in [1.165, 1.54) is 16.7 Å². The van der Waals surface area contributed by atoms with Gasteiger partial charge in [-0.2, -0.15) is 0 Å². The lowest BCUT2D eigenvalue weighted by Crippen LogP contribution is -2.41. The van der Waals surface area contributed by atoms with E-state index in [1.54, 1.807) is 0 Å². The molecule has 20 heavy (non-hydrogen) atoms. The third kappa shape index (κ3) is 3.29. The third-order valence-electron chi connectivity index (χ3n) is 4.03. The molecule has 2 atom stereocenters. The van der Waals surface area contributed by atoms with Crippen molar-refractivity contribution in [1.82, 2.24) is 5.32 Å². The Morgan fingerprint density at radius 2 is 2.25 bits per heavy atom. The van der Waals surface area contributed by atoms with Gasteiger partial charge in [0.1, 0.15) is 6.10 Å². The molecule has 1 saturated heterocycles. The minimum Gasteiger partial charge on any atom is -0.379 e. The summed E-state index contributed by atoms with van der Waals surface area (Å²) in [6, 6.07) is 9.05. The Balaban J connectivity index is 1.68. The Morgan fingerprint density at radius 3 is 3.10 bits per heavy atom. The molecule has 2 unspecified atom stereocenters. The Morgan fingerprint density at radius 1 is 1.35 bits per heavy atom. The fourth-order valence-electron chi connectivity index (χ4n) is 3.03. The first kappa shape index (κ1) is 13.8. The molecule has 0 amide bonds. The van der Waals surface area contributed by atoms with Crippen molar-refractivity contribution in [3.05, 3.63) is 47.0 Å². The maximum absolute atomic E-state index is 5.94. The van der Waals surface area contributed by atoms with Gasteiger partial charge in [-0.3, -0.25) is 0 Å². The molecule has 2 aliphatic heterocycles. The largest absolute Gasteiger partial charge is 0.379 e. The number of hydrogen-bond acceptors (Lipinski definition) is 3. The van der Waals surface area contributed by atoms with Gasteiger partial charge in [0.25, 0.3) is 0 Å². The van der Waals surface area contributed by atoms with E-state index < -0.39 is 0 Å². The smallest absolute Gasteiger partial charge is 0.101 e. The number of benzene rings is 1. The topological polar surface area (TPSA) is 30.5 Å². The van der Waals surface area contributed by atoms with Crippen LogP contribution in [0.15, 0.2) is 35.9 Å². The standard InChI is InChI=1S/C17H23NO2/c1-13(10-15-12-19-9-7-18-15)11-17-16-5-3-2-4-14(16)6-8-20-17/h2-5,11,15,17-18H,6-10,12H2,1H3/b13-11-. The van der Waals surface area contributed by atoms with Gasteiger partial charge in [0.2, 0.25) is 0 Å². The van der Waals surface area contributed by atoms with Crippen molar-refractivity contribution in [2.24, 2.45) is 0 Å². The average Bonchev–Trinajstić information content (AvgIpc) is 2.48. The van der Waals surface area contributed by atoms with Crippen LogP contribution in [0.5, 0.6) is 0 Å². The van der Waals surface area contributed by atoms with Gasteiger partial charge in [-0.15, -0.1) is 0 Å². The van der Waals surface area contributed by atoms with Crippen molar-refractivity contribution in [1.29, 1.82) is 0 Å². The van der Waals surface area contributed by atoms with Crippen LogP contribution in [0.3, 0.4) is 0 Å². The van der Waals surface area contributed by atoms with E-state index in [2.05, 4.69) is 42.6 Å². The predicted molar refractivity (Wildman–Crippen MR) is 79.8 cm³/mol. The van der Waals surface area contributed by atoms with Gasteiger partial charge in [-0.25, -0.2) is 0 Å². The van der Waals surface area contributed by atoms with E-state index in [9.17, 15) is 0 Å². The Hall–Kier alpha value is -1.16. The number of hydrogen-bond donors (Lipinski definition) is 1. The lowest BCUT2D eigenvalue weighted by molar-refractivity contribution is 0.0713. The number of rotatable bonds is 3. The Bertz CT molecular complexity index is 478. The van der Waals surface area contributed by atoms with Gasteiger partial charge >= 0.3 is 0 Å². The molecule has 1 fully saturated rings. The summed E-state index contributed by atoms with van der Waals surface area (Å²) in [4.78, 5) is 0. The molecule has 3 rings (SSSR count). The molecule has 0 saturated carbocycles. The normalized spacial score (nSPS) is 27.1. The van der Waals surface area contributed by atoms with Crippen LogP contribution < -0.4 is 5.32 Å². The quantitative estimate of drug-likeness (QED) is 0.859. The van der Waals surface area contributed by atoms with Gasteiger partial charge in [0, 0.05) is 12.6 Å². The van der Waals surface area contributed by atoms with Crippen LogP contribution in [0.25, 0.3) is 0 Å². The monoisotopic (exact) mass is 273 g/mol. The zero-order valence-corrected chi connectivity index (χ0v) is 12.1. The first-order valence-electron chi connectivity index (χ1n) is 7.51. The second-order valence-corrected chi connectivity index (χ2v) is 5.68. The highest BCUT2D eigenvalue weighted by molar-refractivity contribution is 5.33. The summed E-state index contributed by atoms with van der Waals surface area (Å²) in [5.41, 5.74) is 4.12. The fraction of sp³-hybridized carbons (Fsp3) is 0.529. The third-order valence-corrected chi connectivity index (χ3v) is 4.03. The molecule has 0 bridgehead atoms. The zero-order chi connectivity index (χ0) is 13.8. The molecule has 1 N–H and O–H groups in total. The van der Waals surface area contributed by atoms with Crippen molar-refractivity contribution in [3.8, 4) is 0 Å². The summed E-state index contributed by atoms with van der Waals surface area (Å²) in [6.45, 7) is 5.61. The number of fused-ring (bicyclic) bond motifs is 1. The molecular weight excluding hydrogens is 250 g/mol. The average molecular weight is 273 g/mol. The molecule has 0 aliphatic carbocycles. The zero-order valence-electron chi connectivity index (χ0n) is 12.1. The van der Waals surface area contributed by atoms with Crippen LogP contribution in [0, 0.1) is 0 Å². The van der Waals surface area contributed by atoms with Gasteiger partial charge in [0.05, 0.1) is 19.8 Å². The maximum atomic E-state index is 5.94. The maximum Gasteiger partial charge on any atom is 0.101 e. The number of ether oxygens (including phenoxy) is 2. The Kier molecular flexibility index (Phi) is 4.51. The first-order chi connectivity index (χ1) is 9.83. The highest BCUT2D eigenvalue weighted by atomic mass is 16.5. The molecule has 2 aliphatic rings. The lowest BCUT2D eigenvalue weighted by Gasteiger charge is -2.26. The first-order valence-corrected chi connectivity index (χ1v) is 7.51. The van der Waals surface area contributed by atoms with Crippen LogP contribution in [0.1, 0.15) is 30.6 Å². The summed E-state index contributed by atoms with van der Waals surface area (Å²) in [5, 5.41) is 3.50. The summed E-state index contributed by atoms with van der Waals surface area (Å²) >= 11 is 0. The summed E-state index contributed by atoms with van der Waals surface area (Å²) in [6.07, 6.45) is 4.44. The van der Waals surface area contributed by atoms with E-state index in [0.29, 0.717) is 6.04 Å². The van der Waals surface area contributed by atoms with Crippen molar-refractivity contribution in [2.75, 3.05) is 26.4 Å². The molecule has 0 spiro atoms. The van der Waals surface area contributed by atoms with E-state index >= 15 is 0 Å². The summed E-state index contributed by atoms with van der Waals surface area (Å²) in [5.74, 6) is 0. The Labute approximate surface area is 121 Å². The fourth-order valence-corrected chi connectivity index (χ4v) is 3.03. The minimum atomic E-state index is 0.115.